The third-order valence-corrected chi connectivity index (χ3v) is 4.20. The van der Waals surface area contributed by atoms with Crippen LogP contribution in [0.25, 0.3) is 22.4 Å². The number of hydrogen-bond donors (Lipinski definition) is 1. The van der Waals surface area contributed by atoms with Crippen molar-refractivity contribution in [2.24, 2.45) is 0 Å². The van der Waals surface area contributed by atoms with Crippen molar-refractivity contribution in [2.75, 3.05) is 13.2 Å². The van der Waals surface area contributed by atoms with E-state index in [9.17, 15) is 4.79 Å². The van der Waals surface area contributed by atoms with Crippen molar-refractivity contribution in [3.05, 3.63) is 78.1 Å². The lowest BCUT2D eigenvalue weighted by Gasteiger charge is -2.03. The van der Waals surface area contributed by atoms with Gasteiger partial charge in [-0.2, -0.15) is 5.10 Å². The summed E-state index contributed by atoms with van der Waals surface area (Å²) in [6.45, 7) is 0.338. The van der Waals surface area contributed by atoms with Gasteiger partial charge in [-0.05, 0) is 23.8 Å². The number of rotatable bonds is 6. The predicted molar refractivity (Wildman–Crippen MR) is 100 cm³/mol. The highest BCUT2D eigenvalue weighted by molar-refractivity contribution is 5.93. The lowest BCUT2D eigenvalue weighted by atomic mass is 10.2. The van der Waals surface area contributed by atoms with Crippen LogP contribution in [0.15, 0.2) is 71.1 Å². The number of esters is 1. The molecule has 0 saturated carbocycles. The number of furan rings is 1. The lowest BCUT2D eigenvalue weighted by Crippen LogP contribution is -2.07. The molecule has 2 aromatic carbocycles. The number of aliphatic hydroxyl groups is 1. The van der Waals surface area contributed by atoms with Crippen LogP contribution in [0.4, 0.5) is 0 Å². The highest BCUT2D eigenvalue weighted by Crippen LogP contribution is 2.30. The van der Waals surface area contributed by atoms with Gasteiger partial charge in [-0.15, -0.1) is 0 Å². The SMILES string of the molecule is O=C(OCCO)c1ccc(-c2nn(Cc3ccccc3)c3ccccc23)o1. The molecule has 0 aliphatic carbocycles. The first-order valence-corrected chi connectivity index (χ1v) is 8.64. The molecule has 6 nitrogen and oxygen atoms in total. The van der Waals surface area contributed by atoms with Gasteiger partial charge in [0.15, 0.2) is 5.76 Å². The van der Waals surface area contributed by atoms with Crippen molar-refractivity contribution in [3.63, 3.8) is 0 Å². The van der Waals surface area contributed by atoms with Crippen LogP contribution >= 0.6 is 0 Å². The van der Waals surface area contributed by atoms with Crippen LogP contribution in [0.3, 0.4) is 0 Å². The molecule has 6 heteroatoms. The molecule has 2 aromatic heterocycles. The van der Waals surface area contributed by atoms with Crippen LogP contribution in [0.2, 0.25) is 0 Å². The van der Waals surface area contributed by atoms with Crippen LogP contribution < -0.4 is 0 Å². The first-order chi connectivity index (χ1) is 13.3. The monoisotopic (exact) mass is 362 g/mol. The molecule has 0 unspecified atom stereocenters. The fourth-order valence-corrected chi connectivity index (χ4v) is 2.97. The largest absolute Gasteiger partial charge is 0.457 e. The third-order valence-electron chi connectivity index (χ3n) is 4.20. The molecule has 2 heterocycles. The smallest absolute Gasteiger partial charge is 0.374 e. The zero-order valence-electron chi connectivity index (χ0n) is 14.5. The second-order valence-electron chi connectivity index (χ2n) is 6.03. The maximum atomic E-state index is 11.9. The molecule has 0 aliphatic rings. The Hall–Kier alpha value is -3.38. The van der Waals surface area contributed by atoms with E-state index in [0.717, 1.165) is 16.5 Å². The van der Waals surface area contributed by atoms with Gasteiger partial charge in [0.05, 0.1) is 18.7 Å². The Morgan fingerprint density at radius 1 is 1.04 bits per heavy atom. The zero-order valence-corrected chi connectivity index (χ0v) is 14.5. The summed E-state index contributed by atoms with van der Waals surface area (Å²) in [5.74, 6) is -0.0302. The van der Waals surface area contributed by atoms with Gasteiger partial charge in [-0.3, -0.25) is 4.68 Å². The summed E-state index contributed by atoms with van der Waals surface area (Å²) in [4.78, 5) is 11.9. The number of carbonyl (C=O) groups is 1. The standard InChI is InChI=1S/C21H18N2O4/c24-12-13-26-21(25)19-11-10-18(27-19)20-16-8-4-5-9-17(16)23(22-20)14-15-6-2-1-3-7-15/h1-11,24H,12-14H2. The summed E-state index contributed by atoms with van der Waals surface area (Å²) < 4.78 is 12.5. The Labute approximate surface area is 155 Å². The summed E-state index contributed by atoms with van der Waals surface area (Å²) in [6, 6.07) is 21.2. The maximum absolute atomic E-state index is 11.9. The molecule has 4 aromatic rings. The van der Waals surface area contributed by atoms with Crippen LogP contribution in [-0.4, -0.2) is 34.1 Å². The van der Waals surface area contributed by atoms with Crippen molar-refractivity contribution < 1.29 is 19.1 Å². The number of aromatic nitrogens is 2. The summed E-state index contributed by atoms with van der Waals surface area (Å²) >= 11 is 0. The predicted octanol–water partition coefficient (Wildman–Crippen LogP) is 3.49. The Morgan fingerprint density at radius 2 is 1.81 bits per heavy atom. The summed E-state index contributed by atoms with van der Waals surface area (Å²) in [7, 11) is 0. The molecule has 0 fully saturated rings. The number of carbonyl (C=O) groups excluding carboxylic acids is 1. The van der Waals surface area contributed by atoms with Crippen molar-refractivity contribution in [1.29, 1.82) is 0 Å². The Balaban J connectivity index is 1.70. The van der Waals surface area contributed by atoms with Crippen LogP contribution in [0, 0.1) is 0 Å². The molecule has 0 spiro atoms. The van der Waals surface area contributed by atoms with E-state index in [-0.39, 0.29) is 19.0 Å². The first-order valence-electron chi connectivity index (χ1n) is 8.64. The van der Waals surface area contributed by atoms with Gasteiger partial charge in [0.25, 0.3) is 0 Å². The van der Waals surface area contributed by atoms with Gasteiger partial charge in [0.1, 0.15) is 12.3 Å². The lowest BCUT2D eigenvalue weighted by molar-refractivity contribution is 0.0399. The Bertz CT molecular complexity index is 1070. The van der Waals surface area contributed by atoms with E-state index in [4.69, 9.17) is 19.4 Å². The second kappa shape index (κ2) is 7.47. The summed E-state index contributed by atoms with van der Waals surface area (Å²) in [6.07, 6.45) is 0. The Kier molecular flexibility index (Phi) is 4.72. The average Bonchev–Trinajstić information content (AvgIpc) is 3.32. The summed E-state index contributed by atoms with van der Waals surface area (Å²) in [5.41, 5.74) is 2.80. The number of benzene rings is 2. The van der Waals surface area contributed by atoms with Gasteiger partial charge < -0.3 is 14.3 Å². The fraction of sp³-hybridized carbons (Fsp3) is 0.143. The van der Waals surface area contributed by atoms with Crippen molar-refractivity contribution >= 4 is 16.9 Å². The van der Waals surface area contributed by atoms with Gasteiger partial charge in [-0.25, -0.2) is 4.79 Å². The number of aliphatic hydroxyl groups excluding tert-OH is 1. The van der Waals surface area contributed by atoms with E-state index in [1.165, 1.54) is 0 Å². The van der Waals surface area contributed by atoms with Gasteiger partial charge in [0, 0.05) is 5.39 Å². The molecule has 0 saturated heterocycles. The van der Waals surface area contributed by atoms with Gasteiger partial charge >= 0.3 is 5.97 Å². The number of fused-ring (bicyclic) bond motifs is 1. The van der Waals surface area contributed by atoms with Gasteiger partial charge in [-0.1, -0.05) is 48.5 Å². The molecule has 27 heavy (non-hydrogen) atoms. The normalized spacial score (nSPS) is 11.0. The Morgan fingerprint density at radius 3 is 2.63 bits per heavy atom. The molecular weight excluding hydrogens is 344 g/mol. The fourth-order valence-electron chi connectivity index (χ4n) is 2.97. The third kappa shape index (κ3) is 3.47. The van der Waals surface area contributed by atoms with E-state index in [2.05, 4.69) is 12.1 Å². The molecule has 136 valence electrons. The van der Waals surface area contributed by atoms with Crippen molar-refractivity contribution in [1.82, 2.24) is 9.78 Å². The first kappa shape index (κ1) is 17.1. The number of nitrogens with zero attached hydrogens (tertiary/aromatic N) is 2. The minimum atomic E-state index is -0.608. The molecule has 0 radical (unpaired) electrons. The van der Waals surface area contributed by atoms with E-state index in [1.807, 2.05) is 47.1 Å². The summed E-state index contributed by atoms with van der Waals surface area (Å²) in [5, 5.41) is 14.4. The zero-order chi connectivity index (χ0) is 18.6. The second-order valence-corrected chi connectivity index (χ2v) is 6.03. The van der Waals surface area contributed by atoms with E-state index in [1.54, 1.807) is 12.1 Å². The molecule has 1 N–H and O–H groups in total. The highest BCUT2D eigenvalue weighted by atomic mass is 16.6. The molecule has 4 rings (SSSR count). The van der Waals surface area contributed by atoms with Crippen molar-refractivity contribution in [2.45, 2.75) is 6.54 Å². The average molecular weight is 362 g/mol. The molecule has 0 aliphatic heterocycles. The number of para-hydroxylation sites is 1. The molecule has 0 bridgehead atoms. The molecule has 0 atom stereocenters. The number of hydrogen-bond acceptors (Lipinski definition) is 5. The topological polar surface area (TPSA) is 77.5 Å². The highest BCUT2D eigenvalue weighted by Gasteiger charge is 2.18. The van der Waals surface area contributed by atoms with Gasteiger partial charge in [0.2, 0.25) is 5.76 Å². The molecular formula is C21H18N2O4. The van der Waals surface area contributed by atoms with Crippen molar-refractivity contribution in [3.8, 4) is 11.5 Å². The quantitative estimate of drug-likeness (QED) is 0.531. The van der Waals surface area contributed by atoms with Crippen LogP contribution in [0.5, 0.6) is 0 Å². The van der Waals surface area contributed by atoms with Crippen LogP contribution in [-0.2, 0) is 11.3 Å². The minimum absolute atomic E-state index is 0.0660. The number of ether oxygens (including phenoxy) is 1. The van der Waals surface area contributed by atoms with Crippen LogP contribution in [0.1, 0.15) is 16.1 Å². The molecule has 0 amide bonds. The van der Waals surface area contributed by atoms with E-state index >= 15 is 0 Å². The van der Waals surface area contributed by atoms with E-state index < -0.39 is 5.97 Å². The maximum Gasteiger partial charge on any atom is 0.374 e. The van der Waals surface area contributed by atoms with E-state index in [0.29, 0.717) is 18.0 Å². The minimum Gasteiger partial charge on any atom is -0.457 e.